The van der Waals surface area contributed by atoms with Crippen LogP contribution in [0.15, 0.2) is 66.9 Å². The molecule has 0 aliphatic heterocycles. The molecule has 1 heterocycles. The molecule has 1 amide bonds. The van der Waals surface area contributed by atoms with E-state index >= 15 is 0 Å². The Morgan fingerprint density at radius 1 is 1.11 bits per heavy atom. The molecule has 0 saturated heterocycles. The molecule has 3 aromatic carbocycles. The van der Waals surface area contributed by atoms with Crippen molar-refractivity contribution in [2.24, 2.45) is 0 Å². The molecule has 4 aromatic rings. The van der Waals surface area contributed by atoms with Gasteiger partial charge in [-0.2, -0.15) is 5.10 Å². The molecule has 0 aliphatic rings. The highest BCUT2D eigenvalue weighted by atomic mass is 28.3. The number of benzene rings is 3. The van der Waals surface area contributed by atoms with Gasteiger partial charge in [0, 0.05) is 36.8 Å². The highest BCUT2D eigenvalue weighted by Crippen LogP contribution is 2.32. The molecule has 0 radical (unpaired) electrons. The number of rotatable bonds is 11. The Bertz CT molecular complexity index is 1420. The lowest BCUT2D eigenvalue weighted by Gasteiger charge is -2.18. The fourth-order valence-corrected chi connectivity index (χ4v) is 4.94. The van der Waals surface area contributed by atoms with Gasteiger partial charge in [0.2, 0.25) is 0 Å². The lowest BCUT2D eigenvalue weighted by Crippen LogP contribution is -2.27. The summed E-state index contributed by atoms with van der Waals surface area (Å²) < 4.78 is 27.2. The van der Waals surface area contributed by atoms with Crippen molar-refractivity contribution in [3.05, 3.63) is 83.8 Å². The zero-order valence-electron chi connectivity index (χ0n) is 22.3. The van der Waals surface area contributed by atoms with Crippen LogP contribution in [-0.4, -0.2) is 47.2 Å². The van der Waals surface area contributed by atoms with Crippen molar-refractivity contribution in [1.29, 1.82) is 0 Å². The number of halogens is 1. The monoisotopic (exact) mass is 535 g/mol. The lowest BCUT2D eigenvalue weighted by molar-refractivity contribution is -0.0646. The van der Waals surface area contributed by atoms with Crippen LogP contribution < -0.4 is 4.74 Å². The molecule has 38 heavy (non-hydrogen) atoms. The van der Waals surface area contributed by atoms with Gasteiger partial charge in [-0.15, -0.1) is 0 Å². The first-order chi connectivity index (χ1) is 18.2. The summed E-state index contributed by atoms with van der Waals surface area (Å²) in [5.41, 5.74) is 3.11. The number of ether oxygens (including phenoxy) is 2. The molecule has 4 rings (SSSR count). The van der Waals surface area contributed by atoms with Crippen LogP contribution in [0.3, 0.4) is 0 Å². The summed E-state index contributed by atoms with van der Waals surface area (Å²) in [5.74, 6) is -0.499. The summed E-state index contributed by atoms with van der Waals surface area (Å²) in [6.45, 7) is 10.0. The van der Waals surface area contributed by atoms with Crippen molar-refractivity contribution < 1.29 is 23.9 Å². The zero-order chi connectivity index (χ0) is 27.3. The summed E-state index contributed by atoms with van der Waals surface area (Å²) in [5, 5.41) is 16.8. The molecule has 0 fully saturated rings. The lowest BCUT2D eigenvalue weighted by atomic mass is 10.0. The van der Waals surface area contributed by atoms with Gasteiger partial charge in [-0.05, 0) is 48.9 Å². The molecule has 7 nitrogen and oxygen atoms in total. The first-order valence-corrected chi connectivity index (χ1v) is 16.4. The Labute approximate surface area is 223 Å². The number of nitrogens with zero attached hydrogens (tertiary/aromatic N) is 3. The maximum absolute atomic E-state index is 13.8. The average molecular weight is 536 g/mol. The SMILES string of the molecule is CCOc1cc(C(=O)N(O)Cc2cccc3cnn(COCC[Si](C)(C)C)c23)ccc1-c1cccc(F)c1. The van der Waals surface area contributed by atoms with Crippen molar-refractivity contribution in [3.63, 3.8) is 0 Å². The van der Waals surface area contributed by atoms with Crippen LogP contribution in [0.4, 0.5) is 4.39 Å². The van der Waals surface area contributed by atoms with E-state index in [-0.39, 0.29) is 17.9 Å². The van der Waals surface area contributed by atoms with E-state index in [4.69, 9.17) is 9.47 Å². The Morgan fingerprint density at radius 2 is 1.89 bits per heavy atom. The molecule has 0 bridgehead atoms. The highest BCUT2D eigenvalue weighted by Gasteiger charge is 2.20. The van der Waals surface area contributed by atoms with Crippen molar-refractivity contribution in [1.82, 2.24) is 14.8 Å². The van der Waals surface area contributed by atoms with Crippen molar-refractivity contribution in [2.45, 2.75) is 45.9 Å². The van der Waals surface area contributed by atoms with Crippen LogP contribution in [0.5, 0.6) is 5.75 Å². The molecular weight excluding hydrogens is 501 g/mol. The van der Waals surface area contributed by atoms with Gasteiger partial charge >= 0.3 is 0 Å². The molecule has 1 aromatic heterocycles. The molecule has 0 atom stereocenters. The molecule has 0 unspecified atom stereocenters. The minimum atomic E-state index is -1.20. The van der Waals surface area contributed by atoms with Crippen LogP contribution in [0.25, 0.3) is 22.0 Å². The summed E-state index contributed by atoms with van der Waals surface area (Å²) in [7, 11) is -1.20. The predicted octanol–water partition coefficient (Wildman–Crippen LogP) is 6.59. The van der Waals surface area contributed by atoms with E-state index < -0.39 is 14.0 Å². The summed E-state index contributed by atoms with van der Waals surface area (Å²) in [4.78, 5) is 13.2. The van der Waals surface area contributed by atoms with E-state index in [1.165, 1.54) is 12.1 Å². The van der Waals surface area contributed by atoms with Crippen LogP contribution >= 0.6 is 0 Å². The van der Waals surface area contributed by atoms with Crippen LogP contribution in [0.1, 0.15) is 22.8 Å². The maximum Gasteiger partial charge on any atom is 0.277 e. The number of hydrogen-bond acceptors (Lipinski definition) is 5. The summed E-state index contributed by atoms with van der Waals surface area (Å²) in [6.07, 6.45) is 1.75. The third kappa shape index (κ3) is 6.66. The number of hydrogen-bond donors (Lipinski definition) is 1. The third-order valence-electron chi connectivity index (χ3n) is 6.17. The Balaban J connectivity index is 1.53. The topological polar surface area (TPSA) is 76.8 Å². The normalized spacial score (nSPS) is 11.6. The molecule has 0 saturated carbocycles. The second-order valence-electron chi connectivity index (χ2n) is 10.4. The summed E-state index contributed by atoms with van der Waals surface area (Å²) >= 11 is 0. The first-order valence-electron chi connectivity index (χ1n) is 12.7. The molecule has 1 N–H and O–H groups in total. The quantitative estimate of drug-likeness (QED) is 0.102. The van der Waals surface area contributed by atoms with Crippen molar-refractivity contribution >= 4 is 24.9 Å². The third-order valence-corrected chi connectivity index (χ3v) is 7.88. The number of para-hydroxylation sites is 1. The predicted molar refractivity (Wildman–Crippen MR) is 149 cm³/mol. The Hall–Kier alpha value is -3.53. The van der Waals surface area contributed by atoms with Crippen LogP contribution in [-0.2, 0) is 18.0 Å². The zero-order valence-corrected chi connectivity index (χ0v) is 23.3. The van der Waals surface area contributed by atoms with E-state index in [0.29, 0.717) is 41.9 Å². The largest absolute Gasteiger partial charge is 0.493 e. The van der Waals surface area contributed by atoms with Gasteiger partial charge in [0.1, 0.15) is 18.3 Å². The highest BCUT2D eigenvalue weighted by molar-refractivity contribution is 6.76. The van der Waals surface area contributed by atoms with E-state index in [0.717, 1.165) is 22.5 Å². The van der Waals surface area contributed by atoms with Crippen LogP contribution in [0, 0.1) is 5.82 Å². The van der Waals surface area contributed by atoms with Gasteiger partial charge in [-0.25, -0.2) is 14.1 Å². The fourth-order valence-electron chi connectivity index (χ4n) is 4.18. The summed E-state index contributed by atoms with van der Waals surface area (Å²) in [6, 6.07) is 17.8. The fraction of sp³-hybridized carbons (Fsp3) is 0.310. The first kappa shape index (κ1) is 27.5. The molecule has 9 heteroatoms. The van der Waals surface area contributed by atoms with Crippen molar-refractivity contribution in [2.75, 3.05) is 13.2 Å². The molecule has 0 spiro atoms. The van der Waals surface area contributed by atoms with Gasteiger partial charge in [-0.1, -0.05) is 50.0 Å². The number of hydroxylamine groups is 2. The standard InChI is InChI=1S/C29H34FN3O4Si/c1-5-37-27-17-22(12-13-26(27)21-8-7-11-25(30)16-21)29(34)33(35)19-24-10-6-9-23-18-31-32(28(23)24)20-36-14-15-38(2,3)4/h6-13,16-18,35H,5,14-15,19-20H2,1-4H3. The minimum absolute atomic E-state index is 0.0353. The number of carbonyl (C=O) groups excluding carboxylic acids is 1. The van der Waals surface area contributed by atoms with E-state index in [9.17, 15) is 14.4 Å². The van der Waals surface area contributed by atoms with Crippen LogP contribution in [0.2, 0.25) is 25.7 Å². The number of fused-ring (bicyclic) bond motifs is 1. The molecule has 200 valence electrons. The number of amides is 1. The Kier molecular flexibility index (Phi) is 8.61. The van der Waals surface area contributed by atoms with Gasteiger partial charge < -0.3 is 9.47 Å². The van der Waals surface area contributed by atoms with Gasteiger partial charge in [-0.3, -0.25) is 10.0 Å². The van der Waals surface area contributed by atoms with Crippen molar-refractivity contribution in [3.8, 4) is 16.9 Å². The van der Waals surface area contributed by atoms with E-state index in [1.807, 2.05) is 25.1 Å². The Morgan fingerprint density at radius 3 is 2.63 bits per heavy atom. The minimum Gasteiger partial charge on any atom is -0.493 e. The van der Waals surface area contributed by atoms with E-state index in [2.05, 4.69) is 24.7 Å². The number of aromatic nitrogens is 2. The van der Waals surface area contributed by atoms with E-state index in [1.54, 1.807) is 41.2 Å². The van der Waals surface area contributed by atoms with Gasteiger partial charge in [0.05, 0.1) is 24.9 Å². The molecular formula is C29H34FN3O4Si. The van der Waals surface area contributed by atoms with Gasteiger partial charge in [0.25, 0.3) is 5.91 Å². The second-order valence-corrected chi connectivity index (χ2v) is 16.0. The number of carbonyl (C=O) groups is 1. The molecule has 0 aliphatic carbocycles. The smallest absolute Gasteiger partial charge is 0.277 e. The second kappa shape index (κ2) is 11.9. The maximum atomic E-state index is 13.8. The average Bonchev–Trinajstić information content (AvgIpc) is 3.30. The van der Waals surface area contributed by atoms with Gasteiger partial charge in [0.15, 0.2) is 0 Å².